The van der Waals surface area contributed by atoms with E-state index < -0.39 is 0 Å². The zero-order valence-corrected chi connectivity index (χ0v) is 9.07. The molecule has 1 fully saturated rings. The van der Waals surface area contributed by atoms with Crippen molar-refractivity contribution in [2.75, 3.05) is 6.61 Å². The number of nitrogens with two attached hydrogens (primary N) is 1. The summed E-state index contributed by atoms with van der Waals surface area (Å²) in [6.07, 6.45) is 2.30. The molecule has 3 atom stereocenters. The van der Waals surface area contributed by atoms with Gasteiger partial charge in [-0.3, -0.25) is 0 Å². The van der Waals surface area contributed by atoms with Crippen LogP contribution in [-0.4, -0.2) is 6.61 Å². The summed E-state index contributed by atoms with van der Waals surface area (Å²) in [6, 6.07) is 6.63. The van der Waals surface area contributed by atoms with Gasteiger partial charge in [0.25, 0.3) is 0 Å². The van der Waals surface area contributed by atoms with E-state index in [9.17, 15) is 0 Å². The Morgan fingerprint density at radius 3 is 3.20 bits per heavy atom. The fourth-order valence-corrected chi connectivity index (χ4v) is 2.46. The van der Waals surface area contributed by atoms with Crippen LogP contribution in [0.1, 0.15) is 42.9 Å². The van der Waals surface area contributed by atoms with Gasteiger partial charge in [-0.25, -0.2) is 0 Å². The van der Waals surface area contributed by atoms with Gasteiger partial charge >= 0.3 is 0 Å². The van der Waals surface area contributed by atoms with Crippen LogP contribution in [0.25, 0.3) is 0 Å². The van der Waals surface area contributed by atoms with Crippen molar-refractivity contribution in [1.82, 2.24) is 0 Å². The first-order chi connectivity index (χ1) is 7.29. The summed E-state index contributed by atoms with van der Waals surface area (Å²) < 4.78 is 5.70. The lowest BCUT2D eigenvalue weighted by Crippen LogP contribution is -2.12. The van der Waals surface area contributed by atoms with Crippen LogP contribution in [0.4, 0.5) is 0 Å². The van der Waals surface area contributed by atoms with Crippen LogP contribution in [0.15, 0.2) is 18.2 Å². The second-order valence-electron chi connectivity index (χ2n) is 4.73. The minimum atomic E-state index is 0.175. The molecule has 0 bridgehead atoms. The standard InChI is InChI=1S/C13H17NO/c1-2-12(14)8-3-4-13-11(5-8)10-6-9(10)7-15-13/h3-5,9-10,12H,2,6-7,14H2,1H3. The second kappa shape index (κ2) is 3.24. The van der Waals surface area contributed by atoms with Gasteiger partial charge in [0.05, 0.1) is 6.61 Å². The molecule has 2 nitrogen and oxygen atoms in total. The Labute approximate surface area is 90.4 Å². The van der Waals surface area contributed by atoms with Gasteiger partial charge in [-0.15, -0.1) is 0 Å². The first kappa shape index (κ1) is 9.22. The fourth-order valence-electron chi connectivity index (χ4n) is 2.46. The van der Waals surface area contributed by atoms with Crippen molar-refractivity contribution in [1.29, 1.82) is 0 Å². The smallest absolute Gasteiger partial charge is 0.122 e. The van der Waals surface area contributed by atoms with Crippen LogP contribution in [0.5, 0.6) is 5.75 Å². The van der Waals surface area contributed by atoms with Crippen LogP contribution < -0.4 is 10.5 Å². The first-order valence-electron chi connectivity index (χ1n) is 5.81. The molecule has 80 valence electrons. The van der Waals surface area contributed by atoms with Crippen LogP contribution >= 0.6 is 0 Å². The van der Waals surface area contributed by atoms with Crippen LogP contribution in [-0.2, 0) is 0 Å². The monoisotopic (exact) mass is 203 g/mol. The third-order valence-electron chi connectivity index (χ3n) is 3.68. The topological polar surface area (TPSA) is 35.2 Å². The van der Waals surface area contributed by atoms with Gasteiger partial charge in [0.2, 0.25) is 0 Å². The molecule has 0 spiro atoms. The molecule has 1 aromatic rings. The summed E-state index contributed by atoms with van der Waals surface area (Å²) in [4.78, 5) is 0. The largest absolute Gasteiger partial charge is 0.493 e. The highest BCUT2D eigenvalue weighted by Gasteiger charge is 2.43. The minimum absolute atomic E-state index is 0.175. The molecule has 1 saturated carbocycles. The van der Waals surface area contributed by atoms with Crippen molar-refractivity contribution in [3.63, 3.8) is 0 Å². The Balaban J connectivity index is 1.97. The zero-order valence-electron chi connectivity index (χ0n) is 9.07. The lowest BCUT2D eigenvalue weighted by molar-refractivity contribution is 0.279. The van der Waals surface area contributed by atoms with Gasteiger partial charge in [-0.1, -0.05) is 19.1 Å². The van der Waals surface area contributed by atoms with Crippen molar-refractivity contribution in [2.45, 2.75) is 31.7 Å². The first-order valence-corrected chi connectivity index (χ1v) is 5.81. The molecule has 0 aromatic heterocycles. The molecule has 1 aliphatic carbocycles. The molecule has 2 N–H and O–H groups in total. The Hall–Kier alpha value is -1.02. The maximum absolute atomic E-state index is 6.05. The van der Waals surface area contributed by atoms with E-state index in [1.165, 1.54) is 17.5 Å². The Bertz CT molecular complexity index is 388. The van der Waals surface area contributed by atoms with Crippen molar-refractivity contribution in [3.05, 3.63) is 29.3 Å². The molecule has 2 aliphatic rings. The number of benzene rings is 1. The summed E-state index contributed by atoms with van der Waals surface area (Å²) in [5, 5.41) is 0. The highest BCUT2D eigenvalue weighted by atomic mass is 16.5. The highest BCUT2D eigenvalue weighted by molar-refractivity contribution is 5.45. The number of hydrogen-bond donors (Lipinski definition) is 1. The third kappa shape index (κ3) is 1.44. The maximum Gasteiger partial charge on any atom is 0.122 e. The average molecular weight is 203 g/mol. The van der Waals surface area contributed by atoms with E-state index >= 15 is 0 Å². The molecule has 15 heavy (non-hydrogen) atoms. The van der Waals surface area contributed by atoms with Gasteiger partial charge in [0, 0.05) is 12.0 Å². The normalized spacial score (nSPS) is 28.7. The molecule has 1 heterocycles. The molecule has 0 saturated heterocycles. The number of rotatable bonds is 2. The number of hydrogen-bond acceptors (Lipinski definition) is 2. The Morgan fingerprint density at radius 1 is 1.53 bits per heavy atom. The molecule has 0 amide bonds. The van der Waals surface area contributed by atoms with Gasteiger partial charge < -0.3 is 10.5 Å². The highest BCUT2D eigenvalue weighted by Crippen LogP contribution is 2.53. The van der Waals surface area contributed by atoms with E-state index in [1.54, 1.807) is 0 Å². The van der Waals surface area contributed by atoms with E-state index in [4.69, 9.17) is 10.5 Å². The molecular formula is C13H17NO. The third-order valence-corrected chi connectivity index (χ3v) is 3.68. The molecule has 3 unspecified atom stereocenters. The quantitative estimate of drug-likeness (QED) is 0.801. The second-order valence-corrected chi connectivity index (χ2v) is 4.73. The van der Waals surface area contributed by atoms with Crippen molar-refractivity contribution < 1.29 is 4.74 Å². The van der Waals surface area contributed by atoms with Gasteiger partial charge in [-0.05, 0) is 36.0 Å². The summed E-state index contributed by atoms with van der Waals surface area (Å²) in [7, 11) is 0. The number of ether oxygens (including phenoxy) is 1. The van der Waals surface area contributed by atoms with Crippen LogP contribution in [0, 0.1) is 5.92 Å². The van der Waals surface area contributed by atoms with E-state index in [1.807, 2.05) is 0 Å². The minimum Gasteiger partial charge on any atom is -0.493 e. The molecule has 1 aromatic carbocycles. The van der Waals surface area contributed by atoms with Gasteiger partial charge in [0.15, 0.2) is 0 Å². The van der Waals surface area contributed by atoms with Crippen molar-refractivity contribution >= 4 is 0 Å². The van der Waals surface area contributed by atoms with E-state index in [-0.39, 0.29) is 6.04 Å². The Kier molecular flexibility index (Phi) is 1.99. The van der Waals surface area contributed by atoms with E-state index in [0.717, 1.165) is 30.6 Å². The predicted molar refractivity (Wildman–Crippen MR) is 60.0 cm³/mol. The molecular weight excluding hydrogens is 186 g/mol. The predicted octanol–water partition coefficient (Wildman–Crippen LogP) is 2.59. The molecule has 1 aliphatic heterocycles. The van der Waals surface area contributed by atoms with E-state index in [0.29, 0.717) is 0 Å². The SMILES string of the molecule is CCC(N)c1ccc2c(c1)C1CC1CO2. The van der Waals surface area contributed by atoms with Gasteiger partial charge in [-0.2, -0.15) is 0 Å². The summed E-state index contributed by atoms with van der Waals surface area (Å²) in [6.45, 7) is 3.04. The molecule has 3 rings (SSSR count). The lowest BCUT2D eigenvalue weighted by atomic mass is 9.98. The van der Waals surface area contributed by atoms with Crippen LogP contribution in [0.2, 0.25) is 0 Å². The van der Waals surface area contributed by atoms with E-state index in [2.05, 4.69) is 25.1 Å². The average Bonchev–Trinajstić information content (AvgIpc) is 3.06. The molecule has 0 radical (unpaired) electrons. The number of fused-ring (bicyclic) bond motifs is 3. The fraction of sp³-hybridized carbons (Fsp3) is 0.538. The van der Waals surface area contributed by atoms with Crippen molar-refractivity contribution in [3.8, 4) is 5.75 Å². The lowest BCUT2D eigenvalue weighted by Gasteiger charge is -2.19. The Morgan fingerprint density at radius 2 is 2.40 bits per heavy atom. The summed E-state index contributed by atoms with van der Waals surface area (Å²) in [5.41, 5.74) is 8.70. The molecule has 2 heteroatoms. The van der Waals surface area contributed by atoms with Crippen LogP contribution in [0.3, 0.4) is 0 Å². The maximum atomic E-state index is 6.05. The zero-order chi connectivity index (χ0) is 10.4. The summed E-state index contributed by atoms with van der Waals surface area (Å²) in [5.74, 6) is 2.63. The van der Waals surface area contributed by atoms with Gasteiger partial charge in [0.1, 0.15) is 5.75 Å². The van der Waals surface area contributed by atoms with Crippen molar-refractivity contribution in [2.24, 2.45) is 11.7 Å². The summed E-state index contributed by atoms with van der Waals surface area (Å²) >= 11 is 0.